The fraction of sp³-hybridized carbons (Fsp3) is 0.370. The maximum atomic E-state index is 14.2. The monoisotopic (exact) mass is 547 g/mol. The normalized spacial score (nSPS) is 15.1. The molecule has 0 saturated heterocycles. The number of nitrogens with one attached hydrogen (secondary N) is 1. The van der Waals surface area contributed by atoms with Gasteiger partial charge in [0.15, 0.2) is 6.04 Å². The van der Waals surface area contributed by atoms with Gasteiger partial charge in [-0.25, -0.2) is 9.07 Å². The first-order valence-corrected chi connectivity index (χ1v) is 12.5. The van der Waals surface area contributed by atoms with Gasteiger partial charge in [0.2, 0.25) is 0 Å². The minimum atomic E-state index is -4.62. The van der Waals surface area contributed by atoms with Gasteiger partial charge in [-0.15, -0.1) is 0 Å². The van der Waals surface area contributed by atoms with Crippen LogP contribution in [0.25, 0.3) is 11.3 Å². The number of primary amides is 1. The van der Waals surface area contributed by atoms with Gasteiger partial charge < -0.3 is 21.5 Å². The molecule has 1 aromatic heterocycles. The number of benzene rings is 2. The number of hydrogen-bond acceptors (Lipinski definition) is 5. The minimum absolute atomic E-state index is 0.0263. The Morgan fingerprint density at radius 3 is 2.38 bits per heavy atom. The van der Waals surface area contributed by atoms with Gasteiger partial charge in [-0.05, 0) is 42.5 Å². The number of hydrogen-bond donors (Lipinski definition) is 3. The number of nitrogens with two attached hydrogens (primary N) is 2. The number of anilines is 1. The number of carbonyl (C=O) groups excluding carboxylic acids is 2. The molecule has 0 spiro atoms. The molecular formula is C27H29F4N5O3. The van der Waals surface area contributed by atoms with E-state index >= 15 is 0 Å². The third kappa shape index (κ3) is 5.99. The smallest absolute Gasteiger partial charge is 0.411 e. The van der Waals surface area contributed by atoms with Gasteiger partial charge in [-0.1, -0.05) is 43.5 Å². The second-order valence-electron chi connectivity index (χ2n) is 9.53. The lowest BCUT2D eigenvalue weighted by atomic mass is 9.83. The minimum Gasteiger partial charge on any atom is -0.496 e. The van der Waals surface area contributed by atoms with Crippen molar-refractivity contribution in [2.24, 2.45) is 11.7 Å². The molecule has 39 heavy (non-hydrogen) atoms. The molecule has 1 aliphatic rings. The van der Waals surface area contributed by atoms with Crippen LogP contribution in [0.2, 0.25) is 0 Å². The number of methoxy groups -OCH3 is 1. The maximum absolute atomic E-state index is 14.2. The molecule has 12 heteroatoms. The zero-order valence-electron chi connectivity index (χ0n) is 21.2. The summed E-state index contributed by atoms with van der Waals surface area (Å²) in [5, 5.41) is 6.83. The summed E-state index contributed by atoms with van der Waals surface area (Å²) in [4.78, 5) is 24.8. The number of ether oxygens (including phenoxy) is 1. The Labute approximate surface area is 222 Å². The van der Waals surface area contributed by atoms with Crippen molar-refractivity contribution in [3.8, 4) is 17.0 Å². The lowest BCUT2D eigenvalue weighted by Gasteiger charge is -2.32. The van der Waals surface area contributed by atoms with Crippen LogP contribution in [-0.4, -0.2) is 34.9 Å². The van der Waals surface area contributed by atoms with E-state index in [1.54, 1.807) is 24.3 Å². The summed E-state index contributed by atoms with van der Waals surface area (Å²) in [5.74, 6) is -3.06. The highest BCUT2D eigenvalue weighted by Crippen LogP contribution is 2.45. The van der Waals surface area contributed by atoms with E-state index in [-0.39, 0.29) is 29.1 Å². The molecule has 1 fully saturated rings. The number of nitrogens with zero attached hydrogens (tertiary/aromatic N) is 2. The Bertz CT molecular complexity index is 1350. The third-order valence-electron chi connectivity index (χ3n) is 6.98. The van der Waals surface area contributed by atoms with Gasteiger partial charge in [0, 0.05) is 12.1 Å². The molecule has 1 unspecified atom stereocenters. The average molecular weight is 548 g/mol. The SMILES string of the molecule is COc1ccc(F)cc1C(=O)NCc1ccc(-c2nn(C(C3CCCCC3)C(F)(F)F)c(N)c2C(N)=O)cc1. The first-order valence-electron chi connectivity index (χ1n) is 12.5. The second-order valence-corrected chi connectivity index (χ2v) is 9.53. The Balaban J connectivity index is 1.59. The Morgan fingerprint density at radius 1 is 1.13 bits per heavy atom. The van der Waals surface area contributed by atoms with Crippen LogP contribution in [-0.2, 0) is 6.54 Å². The van der Waals surface area contributed by atoms with Crippen molar-refractivity contribution in [2.75, 3.05) is 12.8 Å². The van der Waals surface area contributed by atoms with Crippen molar-refractivity contribution >= 4 is 17.6 Å². The number of nitrogen functional groups attached to an aromatic ring is 1. The molecule has 2 amide bonds. The summed E-state index contributed by atoms with van der Waals surface area (Å²) < 4.78 is 62.1. The number of amides is 2. The van der Waals surface area contributed by atoms with Crippen molar-refractivity contribution in [3.63, 3.8) is 0 Å². The first-order chi connectivity index (χ1) is 18.5. The van der Waals surface area contributed by atoms with Gasteiger partial charge in [-0.2, -0.15) is 18.3 Å². The molecule has 3 aromatic rings. The molecule has 1 heterocycles. The van der Waals surface area contributed by atoms with Crippen LogP contribution in [0.15, 0.2) is 42.5 Å². The number of carbonyl (C=O) groups is 2. The molecule has 0 bridgehead atoms. The largest absolute Gasteiger partial charge is 0.496 e. The summed E-state index contributed by atoms with van der Waals surface area (Å²) in [6.07, 6.45) is -1.63. The van der Waals surface area contributed by atoms with Crippen LogP contribution in [0.5, 0.6) is 5.75 Å². The van der Waals surface area contributed by atoms with Gasteiger partial charge >= 0.3 is 6.18 Å². The van der Waals surface area contributed by atoms with E-state index in [1.165, 1.54) is 19.2 Å². The lowest BCUT2D eigenvalue weighted by molar-refractivity contribution is -0.186. The summed E-state index contributed by atoms with van der Waals surface area (Å²) in [7, 11) is 1.36. The van der Waals surface area contributed by atoms with Gasteiger partial charge in [0.25, 0.3) is 11.8 Å². The highest BCUT2D eigenvalue weighted by molar-refractivity contribution is 6.03. The fourth-order valence-electron chi connectivity index (χ4n) is 5.08. The van der Waals surface area contributed by atoms with E-state index in [2.05, 4.69) is 10.4 Å². The van der Waals surface area contributed by atoms with E-state index in [0.29, 0.717) is 41.5 Å². The zero-order chi connectivity index (χ0) is 28.3. The molecule has 1 atom stereocenters. The summed E-state index contributed by atoms with van der Waals surface area (Å²) in [5.41, 5.74) is 12.2. The molecule has 208 valence electrons. The fourth-order valence-corrected chi connectivity index (χ4v) is 5.08. The second kappa shape index (κ2) is 11.3. The molecular weight excluding hydrogens is 518 g/mol. The predicted molar refractivity (Wildman–Crippen MR) is 136 cm³/mol. The standard InChI is InChI=1S/C27H29F4N5O3/c1-39-20-12-11-18(28)13-19(20)26(38)34-14-15-7-9-16(10-8-15)22-21(25(33)37)24(32)36(35-22)23(27(29,30)31)17-5-3-2-4-6-17/h7-13,17,23H,2-6,14,32H2,1H3,(H2,33,37)(H,34,38). The quantitative estimate of drug-likeness (QED) is 0.343. The van der Waals surface area contributed by atoms with E-state index in [4.69, 9.17) is 16.2 Å². The van der Waals surface area contributed by atoms with E-state index in [0.717, 1.165) is 12.5 Å². The predicted octanol–water partition coefficient (Wildman–Crippen LogP) is 4.99. The molecule has 1 aliphatic carbocycles. The van der Waals surface area contributed by atoms with Gasteiger partial charge in [0.1, 0.15) is 28.6 Å². The van der Waals surface area contributed by atoms with Gasteiger partial charge in [-0.3, -0.25) is 9.59 Å². The number of alkyl halides is 3. The van der Waals surface area contributed by atoms with Crippen LogP contribution in [0.1, 0.15) is 64.4 Å². The number of halogens is 4. The van der Waals surface area contributed by atoms with Crippen LogP contribution in [0.4, 0.5) is 23.4 Å². The van der Waals surface area contributed by atoms with E-state index in [9.17, 15) is 27.2 Å². The molecule has 2 aromatic carbocycles. The summed E-state index contributed by atoms with van der Waals surface area (Å²) in [6, 6.07) is 7.93. The van der Waals surface area contributed by atoms with Crippen LogP contribution >= 0.6 is 0 Å². The summed E-state index contributed by atoms with van der Waals surface area (Å²) in [6.45, 7) is 0.0653. The molecule has 4 rings (SSSR count). The molecule has 5 N–H and O–H groups in total. The number of aromatic nitrogens is 2. The highest BCUT2D eigenvalue weighted by Gasteiger charge is 2.48. The summed E-state index contributed by atoms with van der Waals surface area (Å²) >= 11 is 0. The lowest BCUT2D eigenvalue weighted by Crippen LogP contribution is -2.35. The van der Waals surface area contributed by atoms with E-state index in [1.807, 2.05) is 0 Å². The Kier molecular flexibility index (Phi) is 8.12. The van der Waals surface area contributed by atoms with Crippen LogP contribution in [0.3, 0.4) is 0 Å². The van der Waals surface area contributed by atoms with Crippen LogP contribution in [0, 0.1) is 11.7 Å². The van der Waals surface area contributed by atoms with Crippen molar-refractivity contribution in [1.29, 1.82) is 0 Å². The zero-order valence-corrected chi connectivity index (χ0v) is 21.2. The first kappa shape index (κ1) is 27.9. The van der Waals surface area contributed by atoms with Crippen molar-refractivity contribution in [2.45, 2.75) is 50.9 Å². The Hall–Kier alpha value is -4.09. The van der Waals surface area contributed by atoms with Gasteiger partial charge in [0.05, 0.1) is 12.7 Å². The Morgan fingerprint density at radius 2 is 1.79 bits per heavy atom. The molecule has 8 nitrogen and oxygen atoms in total. The maximum Gasteiger partial charge on any atom is 0.411 e. The van der Waals surface area contributed by atoms with Crippen molar-refractivity contribution in [3.05, 3.63) is 65.0 Å². The van der Waals surface area contributed by atoms with E-state index < -0.39 is 41.6 Å². The molecule has 0 aliphatic heterocycles. The topological polar surface area (TPSA) is 125 Å². The van der Waals surface area contributed by atoms with Crippen molar-refractivity contribution < 1.29 is 31.9 Å². The van der Waals surface area contributed by atoms with Crippen molar-refractivity contribution in [1.82, 2.24) is 15.1 Å². The average Bonchev–Trinajstić information content (AvgIpc) is 3.24. The molecule has 1 saturated carbocycles. The number of rotatable bonds is 8. The highest BCUT2D eigenvalue weighted by atomic mass is 19.4. The molecule has 0 radical (unpaired) electrons. The third-order valence-corrected chi connectivity index (χ3v) is 6.98. The van der Waals surface area contributed by atoms with Crippen LogP contribution < -0.4 is 21.5 Å².